The fourth-order valence-electron chi connectivity index (χ4n) is 3.81. The van der Waals surface area contributed by atoms with Gasteiger partial charge in [-0.1, -0.05) is 11.6 Å². The van der Waals surface area contributed by atoms with E-state index in [9.17, 15) is 19.2 Å². The van der Waals surface area contributed by atoms with E-state index in [1.807, 2.05) is 6.07 Å². The Bertz CT molecular complexity index is 1400. The van der Waals surface area contributed by atoms with E-state index < -0.39 is 23.3 Å². The number of nitriles is 1. The number of hydrogen-bond acceptors (Lipinski definition) is 9. The zero-order valence-corrected chi connectivity index (χ0v) is 18.6. The van der Waals surface area contributed by atoms with Gasteiger partial charge in [-0.05, 0) is 37.3 Å². The SMILES string of the molecule is N#Cc1c(N)nc(N)nc1NC(c1nc2c(Cl)cc(F)cc2c(=O)n1CCCC(N)=O)C1CC1. The first-order chi connectivity index (χ1) is 16.2. The van der Waals surface area contributed by atoms with Gasteiger partial charge in [-0.2, -0.15) is 15.2 Å². The fraction of sp³-hybridized carbons (Fsp3) is 0.333. The molecule has 13 heteroatoms. The van der Waals surface area contributed by atoms with Gasteiger partial charge in [0.1, 0.15) is 29.1 Å². The van der Waals surface area contributed by atoms with E-state index in [4.69, 9.17) is 28.8 Å². The van der Waals surface area contributed by atoms with Crippen molar-refractivity contribution in [2.75, 3.05) is 16.8 Å². The Hall–Kier alpha value is -3.98. The summed E-state index contributed by atoms with van der Waals surface area (Å²) in [5.74, 6) is -0.941. The van der Waals surface area contributed by atoms with Crippen molar-refractivity contribution < 1.29 is 9.18 Å². The van der Waals surface area contributed by atoms with Crippen molar-refractivity contribution in [2.24, 2.45) is 11.7 Å². The van der Waals surface area contributed by atoms with Crippen LogP contribution in [0.4, 0.5) is 22.0 Å². The molecule has 1 saturated carbocycles. The van der Waals surface area contributed by atoms with Crippen molar-refractivity contribution in [3.63, 3.8) is 0 Å². The molecule has 0 aliphatic heterocycles. The van der Waals surface area contributed by atoms with Crippen LogP contribution in [0, 0.1) is 23.1 Å². The van der Waals surface area contributed by atoms with Crippen molar-refractivity contribution in [3.05, 3.63) is 44.7 Å². The third-order valence-corrected chi connectivity index (χ3v) is 5.83. The maximum absolute atomic E-state index is 14.0. The molecule has 2 heterocycles. The highest BCUT2D eigenvalue weighted by molar-refractivity contribution is 6.35. The predicted octanol–water partition coefficient (Wildman–Crippen LogP) is 1.84. The molecule has 1 aliphatic rings. The Morgan fingerprint density at radius 3 is 2.71 bits per heavy atom. The average molecular weight is 486 g/mol. The minimum Gasteiger partial charge on any atom is -0.382 e. The van der Waals surface area contributed by atoms with Crippen LogP contribution in [0.5, 0.6) is 0 Å². The summed E-state index contributed by atoms with van der Waals surface area (Å²) < 4.78 is 15.4. The molecule has 0 saturated heterocycles. The summed E-state index contributed by atoms with van der Waals surface area (Å²) in [5.41, 5.74) is 16.4. The summed E-state index contributed by atoms with van der Waals surface area (Å²) >= 11 is 6.22. The molecule has 1 unspecified atom stereocenters. The highest BCUT2D eigenvalue weighted by Crippen LogP contribution is 2.43. The van der Waals surface area contributed by atoms with E-state index in [0.717, 1.165) is 25.0 Å². The molecular formula is C21H21ClFN9O2. The molecule has 1 amide bonds. The van der Waals surface area contributed by atoms with Crippen LogP contribution in [0.2, 0.25) is 5.02 Å². The highest BCUT2D eigenvalue weighted by atomic mass is 35.5. The van der Waals surface area contributed by atoms with Crippen molar-refractivity contribution in [3.8, 4) is 6.07 Å². The van der Waals surface area contributed by atoms with Crippen LogP contribution in [0.25, 0.3) is 10.9 Å². The van der Waals surface area contributed by atoms with Gasteiger partial charge in [0, 0.05) is 13.0 Å². The van der Waals surface area contributed by atoms with Crippen LogP contribution >= 0.6 is 11.6 Å². The molecule has 1 atom stereocenters. The minimum absolute atomic E-state index is 0.00312. The van der Waals surface area contributed by atoms with Crippen LogP contribution in [-0.4, -0.2) is 25.4 Å². The maximum Gasteiger partial charge on any atom is 0.261 e. The van der Waals surface area contributed by atoms with E-state index in [-0.39, 0.29) is 64.4 Å². The topological polar surface area (TPSA) is 192 Å². The molecule has 2 aromatic heterocycles. The molecule has 7 N–H and O–H groups in total. The number of hydrogen-bond donors (Lipinski definition) is 4. The molecule has 176 valence electrons. The predicted molar refractivity (Wildman–Crippen MR) is 124 cm³/mol. The van der Waals surface area contributed by atoms with E-state index in [0.29, 0.717) is 5.82 Å². The summed E-state index contributed by atoms with van der Waals surface area (Å²) in [7, 11) is 0. The van der Waals surface area contributed by atoms with Gasteiger partial charge in [-0.3, -0.25) is 14.2 Å². The van der Waals surface area contributed by atoms with E-state index >= 15 is 0 Å². The number of nitrogens with two attached hydrogens (primary N) is 3. The smallest absolute Gasteiger partial charge is 0.261 e. The lowest BCUT2D eigenvalue weighted by Crippen LogP contribution is -2.31. The normalized spacial score (nSPS) is 14.0. The number of nitrogens with one attached hydrogen (secondary N) is 1. The molecule has 1 aromatic carbocycles. The lowest BCUT2D eigenvalue weighted by atomic mass is 10.1. The Morgan fingerprint density at radius 2 is 2.06 bits per heavy atom. The van der Waals surface area contributed by atoms with Crippen LogP contribution in [0.15, 0.2) is 16.9 Å². The Labute approximate surface area is 197 Å². The van der Waals surface area contributed by atoms with Crippen LogP contribution < -0.4 is 28.1 Å². The van der Waals surface area contributed by atoms with Gasteiger partial charge in [-0.25, -0.2) is 9.37 Å². The number of fused-ring (bicyclic) bond motifs is 1. The zero-order valence-electron chi connectivity index (χ0n) is 17.9. The van der Waals surface area contributed by atoms with E-state index in [2.05, 4.69) is 20.3 Å². The van der Waals surface area contributed by atoms with Gasteiger partial charge in [-0.15, -0.1) is 0 Å². The Balaban J connectivity index is 1.89. The lowest BCUT2D eigenvalue weighted by molar-refractivity contribution is -0.118. The summed E-state index contributed by atoms with van der Waals surface area (Å²) in [5, 5.41) is 12.7. The van der Waals surface area contributed by atoms with Gasteiger partial charge in [0.25, 0.3) is 5.56 Å². The molecule has 1 fully saturated rings. The van der Waals surface area contributed by atoms with Gasteiger partial charge in [0.05, 0.1) is 22.0 Å². The molecule has 0 bridgehead atoms. The third-order valence-electron chi connectivity index (χ3n) is 5.54. The second-order valence-corrected chi connectivity index (χ2v) is 8.45. The number of carbonyl (C=O) groups excluding carboxylic acids is 1. The third kappa shape index (κ3) is 4.55. The summed E-state index contributed by atoms with van der Waals surface area (Å²) in [4.78, 5) is 37.2. The Morgan fingerprint density at radius 1 is 1.32 bits per heavy atom. The number of anilines is 3. The number of benzene rings is 1. The van der Waals surface area contributed by atoms with E-state index in [1.165, 1.54) is 4.57 Å². The quantitative estimate of drug-likeness (QED) is 0.368. The van der Waals surface area contributed by atoms with Crippen LogP contribution in [0.3, 0.4) is 0 Å². The summed E-state index contributed by atoms with van der Waals surface area (Å²) in [6, 6.07) is 3.53. The van der Waals surface area contributed by atoms with Gasteiger partial charge >= 0.3 is 0 Å². The van der Waals surface area contributed by atoms with Gasteiger partial charge in [0.15, 0.2) is 5.82 Å². The molecular weight excluding hydrogens is 465 g/mol. The van der Waals surface area contributed by atoms with Gasteiger partial charge < -0.3 is 22.5 Å². The van der Waals surface area contributed by atoms with Crippen molar-refractivity contribution in [1.82, 2.24) is 19.5 Å². The largest absolute Gasteiger partial charge is 0.382 e. The summed E-state index contributed by atoms with van der Waals surface area (Å²) in [6.45, 7) is 0.109. The number of amides is 1. The number of nitrogens with zero attached hydrogens (tertiary/aromatic N) is 5. The van der Waals surface area contributed by atoms with Gasteiger partial charge in [0.2, 0.25) is 11.9 Å². The second-order valence-electron chi connectivity index (χ2n) is 8.04. The van der Waals surface area contributed by atoms with Crippen molar-refractivity contribution >= 4 is 46.0 Å². The van der Waals surface area contributed by atoms with Crippen LogP contribution in [0.1, 0.15) is 43.1 Å². The number of halogens is 2. The number of nitrogen functional groups attached to an aromatic ring is 2. The minimum atomic E-state index is -0.671. The zero-order chi connectivity index (χ0) is 24.6. The highest BCUT2D eigenvalue weighted by Gasteiger charge is 2.37. The molecule has 4 rings (SSSR count). The lowest BCUT2D eigenvalue weighted by Gasteiger charge is -2.24. The van der Waals surface area contributed by atoms with Crippen LogP contribution in [-0.2, 0) is 11.3 Å². The number of primary amides is 1. The molecule has 11 nitrogen and oxygen atoms in total. The fourth-order valence-corrected chi connectivity index (χ4v) is 4.06. The molecule has 34 heavy (non-hydrogen) atoms. The molecule has 0 radical (unpaired) electrons. The first-order valence-electron chi connectivity index (χ1n) is 10.5. The summed E-state index contributed by atoms with van der Waals surface area (Å²) in [6.07, 6.45) is 1.96. The number of rotatable bonds is 8. The molecule has 1 aliphatic carbocycles. The number of aromatic nitrogens is 4. The number of carbonyl (C=O) groups is 1. The van der Waals surface area contributed by atoms with Crippen molar-refractivity contribution in [2.45, 2.75) is 38.3 Å². The molecule has 0 spiro atoms. The first kappa shape index (κ1) is 23.2. The monoisotopic (exact) mass is 485 g/mol. The van der Waals surface area contributed by atoms with E-state index in [1.54, 1.807) is 0 Å². The Kier molecular flexibility index (Phi) is 6.21. The maximum atomic E-state index is 14.0. The first-order valence-corrected chi connectivity index (χ1v) is 10.8. The second kappa shape index (κ2) is 9.11. The average Bonchev–Trinajstić information content (AvgIpc) is 3.59. The molecule has 3 aromatic rings. The van der Waals surface area contributed by atoms with Crippen molar-refractivity contribution in [1.29, 1.82) is 5.26 Å². The standard InChI is InChI=1S/C21H21ClFN9O2/c22-13-7-10(23)6-11-16(13)29-19(32(20(11)34)5-1-2-14(25)33)15(9-3-4-9)28-18-12(8-24)17(26)30-21(27)31-18/h6-7,9,15H,1-5H2,(H2,25,33)(H5,26,27,28,30,31).